The van der Waals surface area contributed by atoms with Gasteiger partial charge in [0.05, 0.1) is 12.7 Å². The Morgan fingerprint density at radius 1 is 1.42 bits per heavy atom. The lowest BCUT2D eigenvalue weighted by Crippen LogP contribution is -2.33. The van der Waals surface area contributed by atoms with Crippen LogP contribution in [0.25, 0.3) is 0 Å². The van der Waals surface area contributed by atoms with Crippen LogP contribution in [-0.4, -0.2) is 28.8 Å². The van der Waals surface area contributed by atoms with Crippen LogP contribution in [0.4, 0.5) is 5.82 Å². The molecule has 6 nitrogen and oxygen atoms in total. The van der Waals surface area contributed by atoms with E-state index < -0.39 is 5.92 Å². The number of nitrogens with one attached hydrogen (secondary N) is 1. The van der Waals surface area contributed by atoms with Crippen LogP contribution in [0.15, 0.2) is 32.6 Å². The van der Waals surface area contributed by atoms with E-state index in [1.807, 2.05) is 24.5 Å². The summed E-state index contributed by atoms with van der Waals surface area (Å²) in [6.07, 6.45) is 2.02. The molecule has 1 aromatic heterocycles. The SMILES string of the molecule is COc1ccc(Br)cc1[C@H]1CC(=O)Nc2c1c(=O)nc(SC)n2C. The standard InChI is InChI=1S/C16H16BrN3O3S/c1-20-14-13(15(22)19-16(20)24-3)10(7-12(21)18-14)9-6-8(17)4-5-11(9)23-2/h4-6,10H,7H2,1-3H3,(H,18,21)/t10-/m1/s1. The number of anilines is 1. The molecule has 2 heterocycles. The van der Waals surface area contributed by atoms with Crippen LogP contribution in [0.5, 0.6) is 5.75 Å². The highest BCUT2D eigenvalue weighted by Gasteiger charge is 2.33. The van der Waals surface area contributed by atoms with Crippen LogP contribution < -0.4 is 15.6 Å². The van der Waals surface area contributed by atoms with Gasteiger partial charge in [0.2, 0.25) is 5.91 Å². The van der Waals surface area contributed by atoms with E-state index >= 15 is 0 Å². The molecule has 0 fully saturated rings. The smallest absolute Gasteiger partial charge is 0.279 e. The Bertz CT molecular complexity index is 882. The molecule has 1 N–H and O–H groups in total. The van der Waals surface area contributed by atoms with Gasteiger partial charge in [-0.1, -0.05) is 27.7 Å². The minimum Gasteiger partial charge on any atom is -0.496 e. The monoisotopic (exact) mass is 409 g/mol. The number of halogens is 1. The number of carbonyl (C=O) groups is 1. The Morgan fingerprint density at radius 3 is 2.83 bits per heavy atom. The third-order valence-corrected chi connectivity index (χ3v) is 5.27. The van der Waals surface area contributed by atoms with E-state index in [0.29, 0.717) is 22.3 Å². The van der Waals surface area contributed by atoms with Crippen LogP contribution >= 0.6 is 27.7 Å². The van der Waals surface area contributed by atoms with Gasteiger partial charge in [-0.05, 0) is 24.5 Å². The second-order valence-electron chi connectivity index (χ2n) is 5.42. The van der Waals surface area contributed by atoms with Crippen molar-refractivity contribution in [3.63, 3.8) is 0 Å². The molecule has 0 saturated heterocycles. The molecule has 24 heavy (non-hydrogen) atoms. The number of benzene rings is 1. The minimum atomic E-state index is -0.400. The summed E-state index contributed by atoms with van der Waals surface area (Å²) in [5.41, 5.74) is 0.963. The summed E-state index contributed by atoms with van der Waals surface area (Å²) in [6, 6.07) is 5.56. The molecule has 0 saturated carbocycles. The van der Waals surface area contributed by atoms with E-state index in [-0.39, 0.29) is 17.9 Å². The topological polar surface area (TPSA) is 73.2 Å². The van der Waals surface area contributed by atoms with Crippen molar-refractivity contribution in [1.82, 2.24) is 9.55 Å². The third-order valence-electron chi connectivity index (χ3n) is 4.05. The predicted molar refractivity (Wildman–Crippen MR) is 97.0 cm³/mol. The van der Waals surface area contributed by atoms with Crippen molar-refractivity contribution in [1.29, 1.82) is 0 Å². The Hall–Kier alpha value is -1.80. The molecule has 1 aliphatic rings. The number of fused-ring (bicyclic) bond motifs is 1. The average Bonchev–Trinajstić information content (AvgIpc) is 2.57. The summed E-state index contributed by atoms with van der Waals surface area (Å²) < 4.78 is 8.04. The van der Waals surface area contributed by atoms with Crippen molar-refractivity contribution in [2.24, 2.45) is 7.05 Å². The van der Waals surface area contributed by atoms with E-state index in [1.54, 1.807) is 18.7 Å². The minimum absolute atomic E-state index is 0.136. The number of nitrogens with zero attached hydrogens (tertiary/aromatic N) is 2. The van der Waals surface area contributed by atoms with Crippen molar-refractivity contribution in [3.8, 4) is 5.75 Å². The van der Waals surface area contributed by atoms with Crippen LogP contribution in [0.1, 0.15) is 23.5 Å². The summed E-state index contributed by atoms with van der Waals surface area (Å²) in [4.78, 5) is 29.0. The van der Waals surface area contributed by atoms with Gasteiger partial charge in [-0.25, -0.2) is 0 Å². The van der Waals surface area contributed by atoms with Gasteiger partial charge < -0.3 is 14.6 Å². The molecular weight excluding hydrogens is 394 g/mol. The molecule has 0 unspecified atom stereocenters. The van der Waals surface area contributed by atoms with Crippen molar-refractivity contribution in [3.05, 3.63) is 44.2 Å². The molecule has 1 atom stereocenters. The quantitative estimate of drug-likeness (QED) is 0.623. The molecule has 8 heteroatoms. The summed E-state index contributed by atoms with van der Waals surface area (Å²) in [5, 5.41) is 3.37. The fourth-order valence-corrected chi connectivity index (χ4v) is 3.88. The van der Waals surface area contributed by atoms with Gasteiger partial charge in [0.15, 0.2) is 5.16 Å². The van der Waals surface area contributed by atoms with E-state index in [1.165, 1.54) is 11.8 Å². The number of amides is 1. The van der Waals surface area contributed by atoms with Gasteiger partial charge in [0.1, 0.15) is 11.6 Å². The van der Waals surface area contributed by atoms with Gasteiger partial charge in [0, 0.05) is 29.4 Å². The van der Waals surface area contributed by atoms with Crippen molar-refractivity contribution >= 4 is 39.4 Å². The Balaban J connectivity index is 2.28. The predicted octanol–water partition coefficient (Wildman–Crippen LogP) is 2.75. The molecule has 1 aliphatic heterocycles. The first-order valence-electron chi connectivity index (χ1n) is 7.24. The highest BCUT2D eigenvalue weighted by Crippen LogP contribution is 2.40. The maximum absolute atomic E-state index is 12.6. The van der Waals surface area contributed by atoms with Gasteiger partial charge >= 0.3 is 0 Å². The number of thioether (sulfide) groups is 1. The highest BCUT2D eigenvalue weighted by molar-refractivity contribution is 9.10. The number of ether oxygens (including phenoxy) is 1. The normalized spacial score (nSPS) is 16.5. The first-order valence-corrected chi connectivity index (χ1v) is 9.26. The van der Waals surface area contributed by atoms with Crippen LogP contribution in [0.3, 0.4) is 0 Å². The number of hydrogen-bond acceptors (Lipinski definition) is 5. The van der Waals surface area contributed by atoms with Gasteiger partial charge in [-0.15, -0.1) is 0 Å². The third kappa shape index (κ3) is 2.84. The zero-order valence-corrected chi connectivity index (χ0v) is 15.8. The number of rotatable bonds is 3. The fraction of sp³-hybridized carbons (Fsp3) is 0.312. The number of hydrogen-bond donors (Lipinski definition) is 1. The lowest BCUT2D eigenvalue weighted by molar-refractivity contribution is -0.116. The van der Waals surface area contributed by atoms with Gasteiger partial charge in [-0.3, -0.25) is 9.59 Å². The van der Waals surface area contributed by atoms with E-state index in [9.17, 15) is 9.59 Å². The second-order valence-corrected chi connectivity index (χ2v) is 7.11. The van der Waals surface area contributed by atoms with Crippen molar-refractivity contribution in [2.45, 2.75) is 17.5 Å². The maximum Gasteiger partial charge on any atom is 0.279 e. The first kappa shape index (κ1) is 17.0. The van der Waals surface area contributed by atoms with Crippen LogP contribution in [0.2, 0.25) is 0 Å². The van der Waals surface area contributed by atoms with E-state index in [0.717, 1.165) is 10.0 Å². The first-order chi connectivity index (χ1) is 11.5. The molecule has 0 bridgehead atoms. The van der Waals surface area contributed by atoms with Crippen LogP contribution in [-0.2, 0) is 11.8 Å². The molecule has 1 aromatic carbocycles. The summed E-state index contributed by atoms with van der Waals surface area (Å²) in [7, 11) is 3.36. The molecule has 0 spiro atoms. The molecule has 2 aromatic rings. The number of carbonyl (C=O) groups excluding carboxylic acids is 1. The number of aromatic nitrogens is 2. The lowest BCUT2D eigenvalue weighted by atomic mass is 9.86. The van der Waals surface area contributed by atoms with Crippen LogP contribution in [0, 0.1) is 0 Å². The van der Waals surface area contributed by atoms with Gasteiger partial charge in [-0.2, -0.15) is 4.98 Å². The summed E-state index contributed by atoms with van der Waals surface area (Å²) in [5.74, 6) is 0.605. The van der Waals surface area contributed by atoms with Gasteiger partial charge in [0.25, 0.3) is 5.56 Å². The lowest BCUT2D eigenvalue weighted by Gasteiger charge is -2.28. The molecule has 126 valence electrons. The molecule has 0 aliphatic carbocycles. The molecular formula is C16H16BrN3O3S. The second kappa shape index (κ2) is 6.60. The highest BCUT2D eigenvalue weighted by atomic mass is 79.9. The summed E-state index contributed by atoms with van der Waals surface area (Å²) >= 11 is 4.80. The maximum atomic E-state index is 12.6. The van der Waals surface area contributed by atoms with E-state index in [4.69, 9.17) is 4.74 Å². The Kier molecular flexibility index (Phi) is 4.69. The summed E-state index contributed by atoms with van der Waals surface area (Å²) in [6.45, 7) is 0. The van der Waals surface area contributed by atoms with Crippen molar-refractivity contribution in [2.75, 3.05) is 18.7 Å². The average molecular weight is 410 g/mol. The van der Waals surface area contributed by atoms with E-state index in [2.05, 4.69) is 26.2 Å². The fourth-order valence-electron chi connectivity index (χ4n) is 2.96. The van der Waals surface area contributed by atoms with Crippen molar-refractivity contribution < 1.29 is 9.53 Å². The number of methoxy groups -OCH3 is 1. The molecule has 3 rings (SSSR count). The zero-order chi connectivity index (χ0) is 17.4. The zero-order valence-electron chi connectivity index (χ0n) is 13.4. The Labute approximate surface area is 151 Å². The molecule has 0 radical (unpaired) electrons. The molecule has 1 amide bonds. The largest absolute Gasteiger partial charge is 0.496 e. The Morgan fingerprint density at radius 2 is 2.17 bits per heavy atom.